The number of rotatable bonds is 9. The summed E-state index contributed by atoms with van der Waals surface area (Å²) in [6.07, 6.45) is 2.67. The minimum absolute atomic E-state index is 0.585. The summed E-state index contributed by atoms with van der Waals surface area (Å²) in [5, 5.41) is 0. The summed E-state index contributed by atoms with van der Waals surface area (Å²) in [7, 11) is 1.75. The number of alkyl halides is 1. The summed E-state index contributed by atoms with van der Waals surface area (Å²) in [4.78, 5) is 2.44. The van der Waals surface area contributed by atoms with Crippen LogP contribution in [0.2, 0.25) is 0 Å². The van der Waals surface area contributed by atoms with E-state index in [2.05, 4.69) is 4.90 Å². The highest BCUT2D eigenvalue weighted by Crippen LogP contribution is 2.26. The Kier molecular flexibility index (Phi) is 6.52. The first-order valence-corrected chi connectivity index (χ1v) is 5.78. The topological polar surface area (TPSA) is 21.7 Å². The van der Waals surface area contributed by atoms with E-state index < -0.39 is 0 Å². The Hall–Kier alpha value is 0.170. The third-order valence-electron chi connectivity index (χ3n) is 2.39. The molecule has 0 aliphatic heterocycles. The number of hydrogen-bond donors (Lipinski definition) is 0. The molecule has 0 N–H and O–H groups in total. The van der Waals surface area contributed by atoms with Crippen LogP contribution in [-0.2, 0) is 9.47 Å². The lowest BCUT2D eigenvalue weighted by Gasteiger charge is -2.21. The van der Waals surface area contributed by atoms with E-state index in [1.165, 1.54) is 12.8 Å². The van der Waals surface area contributed by atoms with Gasteiger partial charge < -0.3 is 9.47 Å². The van der Waals surface area contributed by atoms with E-state index in [0.717, 1.165) is 32.3 Å². The maximum Gasteiger partial charge on any atom is 0.0602 e. The molecule has 0 bridgehead atoms. The van der Waals surface area contributed by atoms with Crippen LogP contribution >= 0.6 is 11.6 Å². The van der Waals surface area contributed by atoms with Crippen LogP contribution in [0.4, 0.5) is 0 Å². The first-order chi connectivity index (χ1) is 6.88. The van der Waals surface area contributed by atoms with E-state index in [0.29, 0.717) is 12.5 Å². The Labute approximate surface area is 91.3 Å². The van der Waals surface area contributed by atoms with Crippen molar-refractivity contribution in [2.24, 2.45) is 0 Å². The predicted molar refractivity (Wildman–Crippen MR) is 58.0 cm³/mol. The molecule has 1 saturated carbocycles. The Morgan fingerprint density at radius 3 is 2.50 bits per heavy atom. The zero-order valence-corrected chi connectivity index (χ0v) is 9.63. The first kappa shape index (κ1) is 12.2. The molecule has 1 aliphatic carbocycles. The van der Waals surface area contributed by atoms with E-state index in [-0.39, 0.29) is 0 Å². The molecule has 84 valence electrons. The Morgan fingerprint density at radius 1 is 1.21 bits per heavy atom. The molecule has 0 atom stereocenters. The lowest BCUT2D eigenvalue weighted by molar-refractivity contribution is 0.0920. The first-order valence-electron chi connectivity index (χ1n) is 5.25. The molecular formula is C10H20ClNO2. The van der Waals surface area contributed by atoms with Gasteiger partial charge in [-0.3, -0.25) is 4.90 Å². The lowest BCUT2D eigenvalue weighted by atomic mass is 10.4. The molecule has 0 unspecified atom stereocenters. The van der Waals surface area contributed by atoms with E-state index in [9.17, 15) is 0 Å². The molecule has 0 radical (unpaired) electrons. The molecular weight excluding hydrogens is 202 g/mol. The normalized spacial score (nSPS) is 16.5. The fourth-order valence-corrected chi connectivity index (χ4v) is 1.57. The smallest absolute Gasteiger partial charge is 0.0602 e. The molecule has 0 aromatic heterocycles. The summed E-state index contributed by atoms with van der Waals surface area (Å²) >= 11 is 5.52. The summed E-state index contributed by atoms with van der Waals surface area (Å²) in [5.41, 5.74) is 0. The summed E-state index contributed by atoms with van der Waals surface area (Å²) in [6.45, 7) is 4.28. The molecule has 0 heterocycles. The average Bonchev–Trinajstić information content (AvgIpc) is 3.00. The van der Waals surface area contributed by atoms with Crippen molar-refractivity contribution in [3.63, 3.8) is 0 Å². The quantitative estimate of drug-likeness (QED) is 0.434. The second-order valence-corrected chi connectivity index (χ2v) is 3.94. The van der Waals surface area contributed by atoms with Gasteiger partial charge in [-0.2, -0.15) is 0 Å². The molecule has 0 spiro atoms. The van der Waals surface area contributed by atoms with Crippen molar-refractivity contribution in [1.29, 1.82) is 0 Å². The largest absolute Gasteiger partial charge is 0.383 e. The van der Waals surface area contributed by atoms with E-state index in [1.807, 2.05) is 0 Å². The van der Waals surface area contributed by atoms with Gasteiger partial charge in [0, 0.05) is 32.1 Å². The summed E-state index contributed by atoms with van der Waals surface area (Å²) in [5.74, 6) is 0.585. The maximum absolute atomic E-state index is 5.52. The number of hydrogen-bond acceptors (Lipinski definition) is 3. The molecule has 3 nitrogen and oxygen atoms in total. The summed E-state index contributed by atoms with van der Waals surface area (Å²) in [6, 6.07) is 0.782. The fourth-order valence-electron chi connectivity index (χ4n) is 1.46. The zero-order valence-electron chi connectivity index (χ0n) is 8.88. The maximum atomic E-state index is 5.52. The molecule has 1 aliphatic rings. The predicted octanol–water partition coefficient (Wildman–Crippen LogP) is 1.35. The van der Waals surface area contributed by atoms with Gasteiger partial charge in [-0.05, 0) is 12.8 Å². The number of ether oxygens (including phenoxy) is 2. The molecule has 1 rings (SSSR count). The van der Waals surface area contributed by atoms with Gasteiger partial charge in [0.2, 0.25) is 0 Å². The number of nitrogens with zero attached hydrogens (tertiary/aromatic N) is 1. The molecule has 14 heavy (non-hydrogen) atoms. The van der Waals surface area contributed by atoms with Crippen molar-refractivity contribution >= 4 is 11.6 Å². The summed E-state index contributed by atoms with van der Waals surface area (Å²) < 4.78 is 10.4. The third kappa shape index (κ3) is 5.15. The second-order valence-electron chi connectivity index (χ2n) is 3.56. The Morgan fingerprint density at radius 2 is 1.93 bits per heavy atom. The van der Waals surface area contributed by atoms with Gasteiger partial charge in [0.25, 0.3) is 0 Å². The van der Waals surface area contributed by atoms with Crippen LogP contribution in [-0.4, -0.2) is 56.8 Å². The van der Waals surface area contributed by atoms with Crippen LogP contribution in [0, 0.1) is 0 Å². The van der Waals surface area contributed by atoms with Crippen LogP contribution in [0.5, 0.6) is 0 Å². The van der Waals surface area contributed by atoms with Crippen LogP contribution in [0.1, 0.15) is 12.8 Å². The van der Waals surface area contributed by atoms with Crippen molar-refractivity contribution in [3.8, 4) is 0 Å². The van der Waals surface area contributed by atoms with Crippen molar-refractivity contribution < 1.29 is 9.47 Å². The Bertz CT molecular complexity index is 142. The van der Waals surface area contributed by atoms with Gasteiger partial charge in [-0.15, -0.1) is 11.6 Å². The second kappa shape index (κ2) is 7.46. The lowest BCUT2D eigenvalue weighted by Crippen LogP contribution is -2.33. The monoisotopic (exact) mass is 221 g/mol. The van der Waals surface area contributed by atoms with Gasteiger partial charge in [0.1, 0.15) is 0 Å². The van der Waals surface area contributed by atoms with Gasteiger partial charge in [0.05, 0.1) is 19.8 Å². The number of methoxy groups -OCH3 is 1. The van der Waals surface area contributed by atoms with E-state index in [1.54, 1.807) is 7.11 Å². The van der Waals surface area contributed by atoms with Crippen molar-refractivity contribution in [2.45, 2.75) is 18.9 Å². The van der Waals surface area contributed by atoms with Gasteiger partial charge in [-0.1, -0.05) is 0 Å². The Balaban J connectivity index is 2.02. The fraction of sp³-hybridized carbons (Fsp3) is 1.00. The average molecular weight is 222 g/mol. The van der Waals surface area contributed by atoms with Crippen molar-refractivity contribution in [1.82, 2.24) is 4.90 Å². The minimum atomic E-state index is 0.585. The SMILES string of the molecule is COCCN(CCOCCCl)C1CC1. The number of halogens is 1. The molecule has 0 saturated heterocycles. The molecule has 1 fully saturated rings. The highest BCUT2D eigenvalue weighted by atomic mass is 35.5. The molecule has 0 aromatic carbocycles. The van der Waals surface area contributed by atoms with Crippen molar-refractivity contribution in [3.05, 3.63) is 0 Å². The third-order valence-corrected chi connectivity index (χ3v) is 2.54. The molecule has 4 heteroatoms. The van der Waals surface area contributed by atoms with E-state index in [4.69, 9.17) is 21.1 Å². The molecule has 0 aromatic rings. The van der Waals surface area contributed by atoms with Crippen LogP contribution in [0.25, 0.3) is 0 Å². The van der Waals surface area contributed by atoms with Gasteiger partial charge >= 0.3 is 0 Å². The highest BCUT2D eigenvalue weighted by molar-refractivity contribution is 6.17. The van der Waals surface area contributed by atoms with E-state index >= 15 is 0 Å². The van der Waals surface area contributed by atoms with Crippen LogP contribution < -0.4 is 0 Å². The van der Waals surface area contributed by atoms with Gasteiger partial charge in [-0.25, -0.2) is 0 Å². The standard InChI is InChI=1S/C10H20ClNO2/c1-13-8-5-12(10-2-3-10)6-9-14-7-4-11/h10H,2-9H2,1H3. The zero-order chi connectivity index (χ0) is 10.2. The van der Waals surface area contributed by atoms with Gasteiger partial charge in [0.15, 0.2) is 0 Å². The molecule has 0 amide bonds. The highest BCUT2D eigenvalue weighted by Gasteiger charge is 2.27. The van der Waals surface area contributed by atoms with Crippen molar-refractivity contribution in [2.75, 3.05) is 45.9 Å². The van der Waals surface area contributed by atoms with Crippen LogP contribution in [0.15, 0.2) is 0 Å². The minimum Gasteiger partial charge on any atom is -0.383 e. The van der Waals surface area contributed by atoms with Crippen LogP contribution in [0.3, 0.4) is 0 Å².